The summed E-state index contributed by atoms with van der Waals surface area (Å²) in [5, 5.41) is 5.39. The Morgan fingerprint density at radius 2 is 2.29 bits per heavy atom. The second kappa shape index (κ2) is 6.77. The summed E-state index contributed by atoms with van der Waals surface area (Å²) in [7, 11) is 0. The number of morpholine rings is 1. The minimum absolute atomic E-state index is 0.0487. The van der Waals surface area contributed by atoms with E-state index in [0.29, 0.717) is 13.2 Å². The first-order valence-electron chi connectivity index (χ1n) is 5.22. The second-order valence-electron chi connectivity index (χ2n) is 3.54. The molecule has 0 radical (unpaired) electrons. The van der Waals surface area contributed by atoms with Crippen molar-refractivity contribution < 1.29 is 27.4 Å². The van der Waals surface area contributed by atoms with Crippen molar-refractivity contribution in [3.05, 3.63) is 0 Å². The van der Waals surface area contributed by atoms with Gasteiger partial charge < -0.3 is 20.1 Å². The van der Waals surface area contributed by atoms with Crippen LogP contribution in [0, 0.1) is 0 Å². The lowest BCUT2D eigenvalue weighted by atomic mass is 10.2. The Morgan fingerprint density at radius 3 is 2.88 bits per heavy atom. The molecule has 0 aromatic carbocycles. The highest BCUT2D eigenvalue weighted by molar-refractivity contribution is 5.81. The highest BCUT2D eigenvalue weighted by atomic mass is 19.4. The molecule has 1 aliphatic rings. The van der Waals surface area contributed by atoms with E-state index in [1.54, 1.807) is 0 Å². The van der Waals surface area contributed by atoms with Crippen LogP contribution in [0.15, 0.2) is 0 Å². The normalized spacial score (nSPS) is 21.2. The number of carbonyl (C=O) groups is 1. The van der Waals surface area contributed by atoms with Crippen molar-refractivity contribution >= 4 is 5.91 Å². The van der Waals surface area contributed by atoms with Crippen molar-refractivity contribution in [2.75, 3.05) is 39.5 Å². The molecule has 0 saturated carbocycles. The van der Waals surface area contributed by atoms with E-state index in [4.69, 9.17) is 4.74 Å². The number of hydrogen-bond acceptors (Lipinski definition) is 4. The van der Waals surface area contributed by atoms with Gasteiger partial charge in [0.1, 0.15) is 12.6 Å². The van der Waals surface area contributed by atoms with Gasteiger partial charge in [-0.1, -0.05) is 0 Å². The zero-order valence-corrected chi connectivity index (χ0v) is 9.18. The minimum atomic E-state index is -4.33. The standard InChI is InChI=1S/C9H15F3N2O3/c10-9(11,12)6-17-4-2-14-8(15)7-5-16-3-1-13-7/h7,13H,1-6H2,(H,14,15). The molecule has 0 aromatic heterocycles. The van der Waals surface area contributed by atoms with Gasteiger partial charge in [-0.25, -0.2) is 0 Å². The first-order valence-corrected chi connectivity index (χ1v) is 5.22. The van der Waals surface area contributed by atoms with E-state index in [0.717, 1.165) is 0 Å². The van der Waals surface area contributed by atoms with Crippen molar-refractivity contribution in [1.29, 1.82) is 0 Å². The molecule has 0 spiro atoms. The Morgan fingerprint density at radius 1 is 1.53 bits per heavy atom. The predicted octanol–water partition coefficient (Wildman–Crippen LogP) is -0.330. The van der Waals surface area contributed by atoms with Crippen LogP contribution >= 0.6 is 0 Å². The molecule has 2 N–H and O–H groups in total. The highest BCUT2D eigenvalue weighted by Gasteiger charge is 2.27. The number of halogens is 3. The number of hydrogen-bond donors (Lipinski definition) is 2. The lowest BCUT2D eigenvalue weighted by Gasteiger charge is -2.22. The SMILES string of the molecule is O=C(NCCOCC(F)(F)F)C1COCCN1. The van der Waals surface area contributed by atoms with Crippen LogP contribution in [-0.2, 0) is 14.3 Å². The summed E-state index contributed by atoms with van der Waals surface area (Å²) in [5.74, 6) is -0.291. The van der Waals surface area contributed by atoms with Crippen LogP contribution in [0.5, 0.6) is 0 Å². The molecule has 1 aliphatic heterocycles. The lowest BCUT2D eigenvalue weighted by Crippen LogP contribution is -2.51. The Kier molecular flexibility index (Phi) is 5.66. The van der Waals surface area contributed by atoms with Gasteiger partial charge >= 0.3 is 6.18 Å². The number of alkyl halides is 3. The van der Waals surface area contributed by atoms with E-state index >= 15 is 0 Å². The molecule has 8 heteroatoms. The zero-order chi connectivity index (χ0) is 12.7. The van der Waals surface area contributed by atoms with E-state index < -0.39 is 18.8 Å². The van der Waals surface area contributed by atoms with Crippen molar-refractivity contribution in [2.24, 2.45) is 0 Å². The highest BCUT2D eigenvalue weighted by Crippen LogP contribution is 2.13. The molecule has 1 fully saturated rings. The maximum atomic E-state index is 11.7. The molecule has 0 aromatic rings. The zero-order valence-electron chi connectivity index (χ0n) is 9.18. The average Bonchev–Trinajstić information content (AvgIpc) is 2.28. The fourth-order valence-corrected chi connectivity index (χ4v) is 1.29. The van der Waals surface area contributed by atoms with E-state index in [1.165, 1.54) is 0 Å². The van der Waals surface area contributed by atoms with Gasteiger partial charge in [0.05, 0.1) is 19.8 Å². The van der Waals surface area contributed by atoms with Gasteiger partial charge in [-0.3, -0.25) is 4.79 Å². The van der Waals surface area contributed by atoms with Crippen molar-refractivity contribution in [1.82, 2.24) is 10.6 Å². The molecular weight excluding hydrogens is 241 g/mol. The maximum Gasteiger partial charge on any atom is 0.411 e. The number of carbonyl (C=O) groups excluding carboxylic acids is 1. The molecular formula is C9H15F3N2O3. The van der Waals surface area contributed by atoms with Crippen LogP contribution in [0.4, 0.5) is 13.2 Å². The van der Waals surface area contributed by atoms with E-state index in [-0.39, 0.29) is 25.7 Å². The summed E-state index contributed by atoms with van der Waals surface area (Å²) < 4.78 is 44.5. The first-order chi connectivity index (χ1) is 7.99. The summed E-state index contributed by atoms with van der Waals surface area (Å²) in [6.45, 7) is -0.00401. The number of ether oxygens (including phenoxy) is 2. The molecule has 1 unspecified atom stereocenters. The third-order valence-electron chi connectivity index (χ3n) is 2.05. The van der Waals surface area contributed by atoms with E-state index in [9.17, 15) is 18.0 Å². The van der Waals surface area contributed by atoms with E-state index in [2.05, 4.69) is 15.4 Å². The molecule has 1 saturated heterocycles. The van der Waals surface area contributed by atoms with Gasteiger partial charge in [0, 0.05) is 13.1 Å². The molecule has 17 heavy (non-hydrogen) atoms. The Balaban J connectivity index is 2.04. The Hall–Kier alpha value is -0.860. The quantitative estimate of drug-likeness (QED) is 0.661. The average molecular weight is 256 g/mol. The fraction of sp³-hybridized carbons (Fsp3) is 0.889. The Bertz CT molecular complexity index is 242. The summed E-state index contributed by atoms with van der Waals surface area (Å²) >= 11 is 0. The summed E-state index contributed by atoms with van der Waals surface area (Å²) in [6.07, 6.45) is -4.33. The van der Waals surface area contributed by atoms with Crippen LogP contribution < -0.4 is 10.6 Å². The molecule has 1 rings (SSSR count). The summed E-state index contributed by atoms with van der Waals surface area (Å²) in [5.41, 5.74) is 0. The monoisotopic (exact) mass is 256 g/mol. The summed E-state index contributed by atoms with van der Waals surface area (Å²) in [6, 6.07) is -0.439. The van der Waals surface area contributed by atoms with Gasteiger partial charge in [0.2, 0.25) is 5.91 Å². The number of nitrogens with one attached hydrogen (secondary N) is 2. The van der Waals surface area contributed by atoms with Gasteiger partial charge in [0.15, 0.2) is 0 Å². The smallest absolute Gasteiger partial charge is 0.378 e. The van der Waals surface area contributed by atoms with Crippen LogP contribution in [0.3, 0.4) is 0 Å². The van der Waals surface area contributed by atoms with Crippen molar-refractivity contribution in [3.63, 3.8) is 0 Å². The third-order valence-corrected chi connectivity index (χ3v) is 2.05. The van der Waals surface area contributed by atoms with Crippen LogP contribution in [0.25, 0.3) is 0 Å². The topological polar surface area (TPSA) is 59.6 Å². The van der Waals surface area contributed by atoms with Crippen molar-refractivity contribution in [2.45, 2.75) is 12.2 Å². The van der Waals surface area contributed by atoms with Crippen molar-refractivity contribution in [3.8, 4) is 0 Å². The molecule has 1 amide bonds. The molecule has 5 nitrogen and oxygen atoms in total. The minimum Gasteiger partial charge on any atom is -0.378 e. The molecule has 0 aliphatic carbocycles. The number of rotatable bonds is 5. The first kappa shape index (κ1) is 14.2. The van der Waals surface area contributed by atoms with Crippen LogP contribution in [0.2, 0.25) is 0 Å². The van der Waals surface area contributed by atoms with Gasteiger partial charge in [-0.2, -0.15) is 13.2 Å². The van der Waals surface area contributed by atoms with Crippen LogP contribution in [-0.4, -0.2) is 57.6 Å². The summed E-state index contributed by atoms with van der Waals surface area (Å²) in [4.78, 5) is 11.4. The Labute approximate surface area is 96.6 Å². The number of amides is 1. The van der Waals surface area contributed by atoms with Gasteiger partial charge in [-0.15, -0.1) is 0 Å². The molecule has 0 bridgehead atoms. The van der Waals surface area contributed by atoms with Crippen LogP contribution in [0.1, 0.15) is 0 Å². The third kappa shape index (κ3) is 6.44. The maximum absolute atomic E-state index is 11.7. The van der Waals surface area contributed by atoms with Gasteiger partial charge in [-0.05, 0) is 0 Å². The molecule has 100 valence electrons. The lowest BCUT2D eigenvalue weighted by molar-refractivity contribution is -0.173. The fourth-order valence-electron chi connectivity index (χ4n) is 1.29. The molecule has 1 heterocycles. The molecule has 1 atom stereocenters. The van der Waals surface area contributed by atoms with Gasteiger partial charge in [0.25, 0.3) is 0 Å². The largest absolute Gasteiger partial charge is 0.411 e. The predicted molar refractivity (Wildman–Crippen MR) is 52.5 cm³/mol. The second-order valence-corrected chi connectivity index (χ2v) is 3.54. The van der Waals surface area contributed by atoms with E-state index in [1.807, 2.05) is 0 Å².